The molecule has 2 aromatic carbocycles. The van der Waals surface area contributed by atoms with Gasteiger partial charge in [-0.05, 0) is 122 Å². The van der Waals surface area contributed by atoms with Crippen LogP contribution >= 0.6 is 63.7 Å². The van der Waals surface area contributed by atoms with Crippen LogP contribution in [0.5, 0.6) is 0 Å². The lowest BCUT2D eigenvalue weighted by atomic mass is 9.55. The van der Waals surface area contributed by atoms with Crippen molar-refractivity contribution in [3.8, 4) is 0 Å². The van der Waals surface area contributed by atoms with E-state index in [9.17, 15) is 0 Å². The van der Waals surface area contributed by atoms with Crippen LogP contribution in [0, 0.1) is 11.8 Å². The Kier molecular flexibility index (Phi) is 3.66. The molecule has 0 saturated carbocycles. The van der Waals surface area contributed by atoms with Crippen molar-refractivity contribution in [3.05, 3.63) is 64.4 Å². The molecule has 118 valence electrons. The number of hydrogen-bond acceptors (Lipinski definition) is 1. The monoisotopic (exact) mass is 560 g/mol. The van der Waals surface area contributed by atoms with Gasteiger partial charge in [-0.15, -0.1) is 0 Å². The third-order valence-electron chi connectivity index (χ3n) is 5.62. The maximum absolute atomic E-state index is 5.91. The zero-order chi connectivity index (χ0) is 15.9. The minimum atomic E-state index is 0.436. The van der Waals surface area contributed by atoms with E-state index in [1.165, 1.54) is 22.3 Å². The molecule has 2 aromatic rings. The quantitative estimate of drug-likeness (QED) is 0.351. The topological polar surface area (TPSA) is 9.23 Å². The molecular weight excluding hydrogens is 552 g/mol. The van der Waals surface area contributed by atoms with Gasteiger partial charge in [-0.3, -0.25) is 0 Å². The average molecular weight is 564 g/mol. The van der Waals surface area contributed by atoms with E-state index >= 15 is 0 Å². The fourth-order valence-corrected chi connectivity index (χ4v) is 6.21. The third kappa shape index (κ3) is 2.10. The van der Waals surface area contributed by atoms with Gasteiger partial charge in [0, 0.05) is 29.7 Å². The second kappa shape index (κ2) is 5.41. The highest BCUT2D eigenvalue weighted by molar-refractivity contribution is 9.13. The smallest absolute Gasteiger partial charge is 0.0507 e. The molecule has 0 N–H and O–H groups in total. The highest BCUT2D eigenvalue weighted by Gasteiger charge is 2.52. The lowest BCUT2D eigenvalue weighted by molar-refractivity contribution is 0.179. The van der Waals surface area contributed by atoms with Gasteiger partial charge in [0.1, 0.15) is 0 Å². The van der Waals surface area contributed by atoms with Crippen molar-refractivity contribution in [2.75, 3.05) is 13.2 Å². The Bertz CT molecular complexity index is 720. The first-order chi connectivity index (χ1) is 11.1. The van der Waals surface area contributed by atoms with Gasteiger partial charge < -0.3 is 4.74 Å². The van der Waals surface area contributed by atoms with Gasteiger partial charge >= 0.3 is 0 Å². The van der Waals surface area contributed by atoms with Gasteiger partial charge in [-0.25, -0.2) is 0 Å². The lowest BCUT2D eigenvalue weighted by Crippen LogP contribution is -2.39. The van der Waals surface area contributed by atoms with E-state index in [0.29, 0.717) is 23.7 Å². The SMILES string of the molecule is Brc1cc2c(cc1Br)C1c3cc(Br)c(Br)cc3C2C2COCC12. The second-order valence-electron chi connectivity index (χ2n) is 6.61. The van der Waals surface area contributed by atoms with Gasteiger partial charge in [0.2, 0.25) is 0 Å². The second-order valence-corrected chi connectivity index (χ2v) is 10.0. The normalized spacial score (nSPS) is 30.1. The first kappa shape index (κ1) is 15.6. The summed E-state index contributed by atoms with van der Waals surface area (Å²) in [5.41, 5.74) is 5.88. The molecule has 1 aliphatic heterocycles. The molecule has 3 aliphatic carbocycles. The summed E-state index contributed by atoms with van der Waals surface area (Å²) < 4.78 is 10.5. The van der Waals surface area contributed by atoms with Gasteiger partial charge in [-0.1, -0.05) is 0 Å². The number of rotatable bonds is 0. The number of ether oxygens (including phenoxy) is 1. The molecule has 1 fully saturated rings. The first-order valence-corrected chi connectivity index (χ1v) is 10.8. The Morgan fingerprint density at radius 1 is 0.609 bits per heavy atom. The van der Waals surface area contributed by atoms with E-state index in [4.69, 9.17) is 4.74 Å². The number of halogens is 4. The van der Waals surface area contributed by atoms with E-state index in [0.717, 1.165) is 31.1 Å². The van der Waals surface area contributed by atoms with Crippen LogP contribution in [0.3, 0.4) is 0 Å². The Hall–Kier alpha value is 0.320. The largest absolute Gasteiger partial charge is 0.381 e. The summed E-state index contributed by atoms with van der Waals surface area (Å²) >= 11 is 14.8. The Morgan fingerprint density at radius 3 is 1.22 bits per heavy atom. The lowest BCUT2D eigenvalue weighted by Gasteiger charge is -2.48. The molecule has 6 rings (SSSR count). The molecule has 1 saturated heterocycles. The molecule has 0 spiro atoms. The Balaban J connectivity index is 1.83. The van der Waals surface area contributed by atoms with Crippen LogP contribution in [0.1, 0.15) is 34.1 Å². The van der Waals surface area contributed by atoms with Crippen LogP contribution in [0.25, 0.3) is 0 Å². The van der Waals surface area contributed by atoms with Gasteiger partial charge in [0.15, 0.2) is 0 Å². The van der Waals surface area contributed by atoms with Crippen LogP contribution in [0.4, 0.5) is 0 Å². The van der Waals surface area contributed by atoms with E-state index in [2.05, 4.69) is 88.0 Å². The summed E-state index contributed by atoms with van der Waals surface area (Å²) in [5.74, 6) is 2.07. The number of benzene rings is 2. The molecule has 5 heteroatoms. The van der Waals surface area contributed by atoms with Crippen LogP contribution in [0.2, 0.25) is 0 Å². The van der Waals surface area contributed by atoms with Crippen LogP contribution in [-0.2, 0) is 4.74 Å². The van der Waals surface area contributed by atoms with E-state index in [1.807, 2.05) is 0 Å². The fraction of sp³-hybridized carbons (Fsp3) is 0.333. The predicted molar refractivity (Wildman–Crippen MR) is 105 cm³/mol. The summed E-state index contributed by atoms with van der Waals surface area (Å²) in [6.07, 6.45) is 0. The van der Waals surface area contributed by atoms with Crippen molar-refractivity contribution in [1.29, 1.82) is 0 Å². The molecule has 2 bridgehead atoms. The summed E-state index contributed by atoms with van der Waals surface area (Å²) in [6, 6.07) is 9.24. The van der Waals surface area contributed by atoms with E-state index < -0.39 is 0 Å². The minimum Gasteiger partial charge on any atom is -0.381 e. The zero-order valence-corrected chi connectivity index (χ0v) is 18.3. The number of hydrogen-bond donors (Lipinski definition) is 0. The van der Waals surface area contributed by atoms with Gasteiger partial charge in [0.25, 0.3) is 0 Å². The van der Waals surface area contributed by atoms with Crippen molar-refractivity contribution < 1.29 is 4.74 Å². The van der Waals surface area contributed by atoms with Crippen LogP contribution in [-0.4, -0.2) is 13.2 Å². The van der Waals surface area contributed by atoms with Gasteiger partial charge in [0.05, 0.1) is 13.2 Å². The molecular formula is C18H12Br4O. The highest BCUT2D eigenvalue weighted by atomic mass is 79.9. The molecule has 0 aromatic heterocycles. The van der Waals surface area contributed by atoms with Crippen molar-refractivity contribution in [1.82, 2.24) is 0 Å². The van der Waals surface area contributed by atoms with Crippen molar-refractivity contribution >= 4 is 63.7 Å². The summed E-state index contributed by atoms with van der Waals surface area (Å²) in [7, 11) is 0. The molecule has 4 aliphatic rings. The summed E-state index contributed by atoms with van der Waals surface area (Å²) in [5, 5.41) is 0. The van der Waals surface area contributed by atoms with E-state index in [-0.39, 0.29) is 0 Å². The van der Waals surface area contributed by atoms with Crippen LogP contribution < -0.4 is 0 Å². The van der Waals surface area contributed by atoms with E-state index in [1.54, 1.807) is 0 Å². The molecule has 1 nitrogen and oxygen atoms in total. The zero-order valence-electron chi connectivity index (χ0n) is 12.0. The van der Waals surface area contributed by atoms with Crippen LogP contribution in [0.15, 0.2) is 42.2 Å². The van der Waals surface area contributed by atoms with Crippen molar-refractivity contribution in [2.45, 2.75) is 11.8 Å². The van der Waals surface area contributed by atoms with Crippen molar-refractivity contribution in [3.63, 3.8) is 0 Å². The standard InChI is InChI=1S/C18H12Br4O/c19-13-1-7-8(2-14(13)20)18-10-4-16(22)15(21)3-9(10)17(7)11-5-23-6-12(11)18/h1-4,11-12,17-18H,5-6H2. The van der Waals surface area contributed by atoms with Crippen molar-refractivity contribution in [2.24, 2.45) is 11.8 Å². The Morgan fingerprint density at radius 2 is 0.913 bits per heavy atom. The molecule has 23 heavy (non-hydrogen) atoms. The molecule has 0 radical (unpaired) electrons. The maximum Gasteiger partial charge on any atom is 0.0507 e. The third-order valence-corrected chi connectivity index (χ3v) is 9.31. The highest BCUT2D eigenvalue weighted by Crippen LogP contribution is 2.61. The fourth-order valence-electron chi connectivity index (χ4n) is 4.76. The first-order valence-electron chi connectivity index (χ1n) is 7.61. The average Bonchev–Trinajstić information content (AvgIpc) is 2.99. The predicted octanol–water partition coefficient (Wildman–Crippen LogP) is 6.59. The summed E-state index contributed by atoms with van der Waals surface area (Å²) in [6.45, 7) is 1.76. The molecule has 1 heterocycles. The van der Waals surface area contributed by atoms with Gasteiger partial charge in [-0.2, -0.15) is 0 Å². The minimum absolute atomic E-state index is 0.436. The Labute approximate surface area is 168 Å². The maximum atomic E-state index is 5.91. The summed E-state index contributed by atoms with van der Waals surface area (Å²) in [4.78, 5) is 0. The molecule has 2 atom stereocenters. The molecule has 0 amide bonds. The molecule has 2 unspecified atom stereocenters.